The molecular formula is C16H21NO5. The molecule has 3 N–H and O–H groups in total. The van der Waals surface area contributed by atoms with Crippen LogP contribution in [0.3, 0.4) is 0 Å². The van der Waals surface area contributed by atoms with Gasteiger partial charge in [0.25, 0.3) is 0 Å². The maximum atomic E-state index is 11.8. The van der Waals surface area contributed by atoms with Crippen molar-refractivity contribution in [3.63, 3.8) is 0 Å². The van der Waals surface area contributed by atoms with Crippen LogP contribution in [0, 0.1) is 0 Å². The third-order valence-corrected chi connectivity index (χ3v) is 2.98. The fourth-order valence-corrected chi connectivity index (χ4v) is 1.85. The Hall–Kier alpha value is -2.50. The van der Waals surface area contributed by atoms with Crippen LogP contribution in [0.5, 0.6) is 17.2 Å². The molecule has 1 aromatic carbocycles. The van der Waals surface area contributed by atoms with Crippen LogP contribution in [0.1, 0.15) is 36.5 Å². The second-order valence-corrected chi connectivity index (χ2v) is 4.67. The fourth-order valence-electron chi connectivity index (χ4n) is 1.85. The van der Waals surface area contributed by atoms with E-state index in [9.17, 15) is 19.8 Å². The molecule has 0 spiro atoms. The van der Waals surface area contributed by atoms with Gasteiger partial charge < -0.3 is 20.3 Å². The molecule has 0 saturated heterocycles. The van der Waals surface area contributed by atoms with E-state index in [1.165, 1.54) is 12.1 Å². The molecule has 6 nitrogen and oxygen atoms in total. The Morgan fingerprint density at radius 1 is 1.32 bits per heavy atom. The topological polar surface area (TPSA) is 95.9 Å². The lowest BCUT2D eigenvalue weighted by molar-refractivity contribution is -0.116. The number of carbonyl (C=O) groups excluding carboxylic acids is 2. The van der Waals surface area contributed by atoms with E-state index in [-0.39, 0.29) is 40.9 Å². The molecule has 0 aromatic heterocycles. The normalized spacial score (nSPS) is 10.0. The number of phenolic OH excluding ortho intramolecular Hbond substituents is 2. The molecule has 0 radical (unpaired) electrons. The lowest BCUT2D eigenvalue weighted by Gasteiger charge is -2.12. The van der Waals surface area contributed by atoms with Crippen molar-refractivity contribution in [3.8, 4) is 17.2 Å². The summed E-state index contributed by atoms with van der Waals surface area (Å²) in [6.45, 7) is 5.83. The largest absolute Gasteiger partial charge is 0.508 e. The zero-order valence-electron chi connectivity index (χ0n) is 12.6. The summed E-state index contributed by atoms with van der Waals surface area (Å²) in [7, 11) is 0. The summed E-state index contributed by atoms with van der Waals surface area (Å²) in [5, 5.41) is 21.9. The summed E-state index contributed by atoms with van der Waals surface area (Å²) in [5.41, 5.74) is 0.0836. The minimum atomic E-state index is -0.292. The number of amides is 1. The standard InChI is InChI=1S/C16H21NO5/c1-3-12(19)16-13(20)9-11(18)10-14(16)22-8-6-5-7-17-15(21)4-2/h4,9-10,18,20H,2-3,5-8H2,1H3,(H,17,21). The van der Waals surface area contributed by atoms with Crippen LogP contribution in [0.15, 0.2) is 24.8 Å². The third kappa shape index (κ3) is 5.12. The van der Waals surface area contributed by atoms with Crippen LogP contribution in [0.4, 0.5) is 0 Å². The third-order valence-electron chi connectivity index (χ3n) is 2.98. The fraction of sp³-hybridized carbons (Fsp3) is 0.375. The van der Waals surface area contributed by atoms with Crippen molar-refractivity contribution in [1.82, 2.24) is 5.32 Å². The molecule has 0 aliphatic carbocycles. The van der Waals surface area contributed by atoms with Gasteiger partial charge in [0.05, 0.1) is 6.61 Å². The highest BCUT2D eigenvalue weighted by Gasteiger charge is 2.17. The first-order valence-corrected chi connectivity index (χ1v) is 7.11. The highest BCUT2D eigenvalue weighted by atomic mass is 16.5. The van der Waals surface area contributed by atoms with Crippen molar-refractivity contribution in [2.24, 2.45) is 0 Å². The second kappa shape index (κ2) is 8.71. The first-order chi connectivity index (χ1) is 10.5. The predicted octanol–water partition coefficient (Wildman–Crippen LogP) is 2.15. The average molecular weight is 307 g/mol. The van der Waals surface area contributed by atoms with E-state index in [0.717, 1.165) is 6.07 Å². The maximum Gasteiger partial charge on any atom is 0.243 e. The SMILES string of the molecule is C=CC(=O)NCCCCOc1cc(O)cc(O)c1C(=O)CC. The van der Waals surface area contributed by atoms with Crippen LogP contribution in [0.25, 0.3) is 0 Å². The molecule has 0 aliphatic rings. The van der Waals surface area contributed by atoms with Crippen LogP contribution in [-0.2, 0) is 4.79 Å². The van der Waals surface area contributed by atoms with Gasteiger partial charge >= 0.3 is 0 Å². The molecule has 0 heterocycles. The number of aromatic hydroxyl groups is 2. The van der Waals surface area contributed by atoms with Gasteiger partial charge in [-0.1, -0.05) is 13.5 Å². The molecule has 120 valence electrons. The van der Waals surface area contributed by atoms with E-state index in [2.05, 4.69) is 11.9 Å². The predicted molar refractivity (Wildman–Crippen MR) is 82.3 cm³/mol. The van der Waals surface area contributed by atoms with E-state index < -0.39 is 0 Å². The van der Waals surface area contributed by atoms with Crippen molar-refractivity contribution in [2.75, 3.05) is 13.2 Å². The zero-order chi connectivity index (χ0) is 16.5. The smallest absolute Gasteiger partial charge is 0.243 e. The maximum absolute atomic E-state index is 11.8. The number of carbonyl (C=O) groups is 2. The minimum absolute atomic E-state index is 0.0836. The molecule has 1 aromatic rings. The lowest BCUT2D eigenvalue weighted by atomic mass is 10.1. The first kappa shape index (κ1) is 17.6. The van der Waals surface area contributed by atoms with Gasteiger partial charge in [0, 0.05) is 25.1 Å². The monoisotopic (exact) mass is 307 g/mol. The van der Waals surface area contributed by atoms with Gasteiger partial charge in [-0.2, -0.15) is 0 Å². The van der Waals surface area contributed by atoms with Gasteiger partial charge in [0.15, 0.2) is 5.78 Å². The highest BCUT2D eigenvalue weighted by Crippen LogP contribution is 2.33. The summed E-state index contributed by atoms with van der Waals surface area (Å²) in [4.78, 5) is 22.8. The van der Waals surface area contributed by atoms with Crippen molar-refractivity contribution in [1.29, 1.82) is 0 Å². The van der Waals surface area contributed by atoms with Crippen LogP contribution >= 0.6 is 0 Å². The van der Waals surface area contributed by atoms with Gasteiger partial charge in [0.2, 0.25) is 5.91 Å². The van der Waals surface area contributed by atoms with Gasteiger partial charge in [-0.15, -0.1) is 0 Å². The van der Waals surface area contributed by atoms with Crippen molar-refractivity contribution >= 4 is 11.7 Å². The van der Waals surface area contributed by atoms with E-state index in [1.54, 1.807) is 6.92 Å². The van der Waals surface area contributed by atoms with Crippen LogP contribution in [0.2, 0.25) is 0 Å². The number of benzene rings is 1. The molecule has 0 unspecified atom stereocenters. The Bertz CT molecular complexity index is 554. The molecule has 1 amide bonds. The summed E-state index contributed by atoms with van der Waals surface area (Å²) in [6.07, 6.45) is 2.77. The molecule has 0 aliphatic heterocycles. The van der Waals surface area contributed by atoms with Gasteiger partial charge in [-0.3, -0.25) is 9.59 Å². The van der Waals surface area contributed by atoms with Crippen LogP contribution < -0.4 is 10.1 Å². The number of hydrogen-bond donors (Lipinski definition) is 3. The van der Waals surface area contributed by atoms with Crippen LogP contribution in [-0.4, -0.2) is 35.1 Å². The number of unbranched alkanes of at least 4 members (excludes halogenated alkanes) is 1. The lowest BCUT2D eigenvalue weighted by Crippen LogP contribution is -2.22. The van der Waals surface area contributed by atoms with Crippen molar-refractivity contribution in [3.05, 3.63) is 30.4 Å². The molecule has 0 fully saturated rings. The second-order valence-electron chi connectivity index (χ2n) is 4.67. The van der Waals surface area contributed by atoms with E-state index >= 15 is 0 Å². The molecule has 22 heavy (non-hydrogen) atoms. The number of hydrogen-bond acceptors (Lipinski definition) is 5. The number of phenols is 2. The van der Waals surface area contributed by atoms with E-state index in [4.69, 9.17) is 4.74 Å². The summed E-state index contributed by atoms with van der Waals surface area (Å²) < 4.78 is 5.48. The first-order valence-electron chi connectivity index (χ1n) is 7.11. The number of Topliss-reactive ketones (excluding diaryl/α,β-unsaturated/α-hetero) is 1. The molecule has 0 bridgehead atoms. The van der Waals surface area contributed by atoms with Crippen molar-refractivity contribution < 1.29 is 24.5 Å². The Kier molecular flexibility index (Phi) is 6.95. The van der Waals surface area contributed by atoms with Crippen molar-refractivity contribution in [2.45, 2.75) is 26.2 Å². The minimum Gasteiger partial charge on any atom is -0.508 e. The highest BCUT2D eigenvalue weighted by molar-refractivity contribution is 6.01. The number of nitrogens with one attached hydrogen (secondary N) is 1. The molecule has 1 rings (SSSR count). The molecule has 0 saturated carbocycles. The Labute approximate surface area is 129 Å². The zero-order valence-corrected chi connectivity index (χ0v) is 12.6. The number of ether oxygens (including phenoxy) is 1. The number of ketones is 1. The Morgan fingerprint density at radius 2 is 2.05 bits per heavy atom. The summed E-state index contributed by atoms with van der Waals surface area (Å²) in [6, 6.07) is 2.42. The number of rotatable bonds is 9. The van der Waals surface area contributed by atoms with Gasteiger partial charge in [0.1, 0.15) is 22.8 Å². The molecule has 6 heteroatoms. The van der Waals surface area contributed by atoms with Gasteiger partial charge in [-0.05, 0) is 18.9 Å². The molecular weight excluding hydrogens is 286 g/mol. The Balaban J connectivity index is 2.56. The summed E-state index contributed by atoms with van der Waals surface area (Å²) >= 11 is 0. The van der Waals surface area contributed by atoms with E-state index in [1.807, 2.05) is 0 Å². The van der Waals surface area contributed by atoms with Gasteiger partial charge in [-0.25, -0.2) is 0 Å². The molecule has 0 atom stereocenters. The van der Waals surface area contributed by atoms with E-state index in [0.29, 0.717) is 26.0 Å². The summed E-state index contributed by atoms with van der Waals surface area (Å²) in [5.74, 6) is -0.779. The Morgan fingerprint density at radius 3 is 2.68 bits per heavy atom. The average Bonchev–Trinajstić information content (AvgIpc) is 2.49. The quantitative estimate of drug-likeness (QED) is 0.369.